The first-order valence-corrected chi connectivity index (χ1v) is 10.3. The van der Waals surface area contributed by atoms with Crippen LogP contribution in [0.3, 0.4) is 0 Å². The zero-order chi connectivity index (χ0) is 21.0. The number of phenols is 1. The lowest BCUT2D eigenvalue weighted by molar-refractivity contribution is -0.0539. The molecule has 0 saturated carbocycles. The van der Waals surface area contributed by atoms with E-state index in [1.807, 2.05) is 13.0 Å². The molecule has 4 heterocycles. The summed E-state index contributed by atoms with van der Waals surface area (Å²) in [4.78, 5) is 0. The first kappa shape index (κ1) is 19.3. The topological polar surface area (TPSA) is 85.1 Å². The molecule has 2 bridgehead atoms. The van der Waals surface area contributed by atoms with Crippen LogP contribution in [0.2, 0.25) is 0 Å². The fraction of sp³-hybridized carbons (Fsp3) is 0.421. The van der Waals surface area contributed by atoms with E-state index in [1.165, 1.54) is 0 Å². The molecule has 7 nitrogen and oxygen atoms in total. The molecule has 0 spiro atoms. The van der Waals surface area contributed by atoms with Crippen LogP contribution in [0.4, 0.5) is 13.2 Å². The molecule has 1 aromatic carbocycles. The molecule has 2 N–H and O–H groups in total. The predicted octanol–water partition coefficient (Wildman–Crippen LogP) is 3.26. The van der Waals surface area contributed by atoms with Crippen LogP contribution in [0.1, 0.15) is 18.5 Å². The van der Waals surface area contributed by atoms with E-state index < -0.39 is 36.7 Å². The van der Waals surface area contributed by atoms with E-state index in [9.17, 15) is 18.3 Å². The summed E-state index contributed by atoms with van der Waals surface area (Å²) in [6.07, 6.45) is -1.35. The highest BCUT2D eigenvalue weighted by Gasteiger charge is 2.58. The first-order valence-electron chi connectivity index (χ1n) is 9.44. The molecule has 2 fully saturated rings. The van der Waals surface area contributed by atoms with E-state index in [0.717, 1.165) is 17.0 Å². The van der Waals surface area contributed by atoms with Gasteiger partial charge in [0.25, 0.3) is 11.1 Å². The summed E-state index contributed by atoms with van der Waals surface area (Å²) in [6, 6.07) is 4.81. The van der Waals surface area contributed by atoms with Crippen LogP contribution in [-0.4, -0.2) is 55.4 Å². The van der Waals surface area contributed by atoms with Crippen LogP contribution < -0.4 is 10.1 Å². The molecule has 5 rings (SSSR count). The summed E-state index contributed by atoms with van der Waals surface area (Å²) >= 11 is 1.02. The summed E-state index contributed by atoms with van der Waals surface area (Å²) in [5.74, 6) is -3.11. The Morgan fingerprint density at radius 1 is 1.30 bits per heavy atom. The highest BCUT2D eigenvalue weighted by molar-refractivity contribution is 7.16. The molecule has 4 unspecified atom stereocenters. The number of hydrogen-bond acceptors (Lipinski definition) is 7. The lowest BCUT2D eigenvalue weighted by Crippen LogP contribution is -2.55. The quantitative estimate of drug-likeness (QED) is 0.652. The van der Waals surface area contributed by atoms with Gasteiger partial charge in [-0.3, -0.25) is 0 Å². The Morgan fingerprint density at radius 2 is 2.13 bits per heavy atom. The Balaban J connectivity index is 1.34. The maximum atomic E-state index is 14.6. The van der Waals surface area contributed by atoms with Crippen molar-refractivity contribution in [2.45, 2.75) is 50.0 Å². The number of benzene rings is 1. The van der Waals surface area contributed by atoms with E-state index in [1.54, 1.807) is 29.1 Å². The Hall–Kier alpha value is -2.66. The number of alkyl halides is 3. The summed E-state index contributed by atoms with van der Waals surface area (Å²) in [6.45, 7) is 1.87. The Labute approximate surface area is 173 Å². The maximum absolute atomic E-state index is 14.6. The largest absolute Gasteiger partial charge is 0.507 e. The van der Waals surface area contributed by atoms with E-state index >= 15 is 0 Å². The second-order valence-corrected chi connectivity index (χ2v) is 8.56. The molecule has 2 aromatic heterocycles. The molecule has 2 saturated heterocycles. The average Bonchev–Trinajstić information content (AvgIpc) is 3.38. The van der Waals surface area contributed by atoms with Crippen molar-refractivity contribution in [3.8, 4) is 27.2 Å². The van der Waals surface area contributed by atoms with Crippen molar-refractivity contribution in [1.82, 2.24) is 25.3 Å². The van der Waals surface area contributed by atoms with E-state index in [0.29, 0.717) is 16.3 Å². The number of nitrogens with zero attached hydrogens (tertiary/aromatic N) is 4. The van der Waals surface area contributed by atoms with Crippen LogP contribution in [0.5, 0.6) is 10.9 Å². The third kappa shape index (κ3) is 3.31. The van der Waals surface area contributed by atoms with E-state index in [-0.39, 0.29) is 17.4 Å². The Kier molecular flexibility index (Phi) is 4.47. The second kappa shape index (κ2) is 6.95. The van der Waals surface area contributed by atoms with Gasteiger partial charge in [0.1, 0.15) is 17.9 Å². The van der Waals surface area contributed by atoms with Crippen LogP contribution in [0.15, 0.2) is 30.5 Å². The van der Waals surface area contributed by atoms with Gasteiger partial charge in [-0.2, -0.15) is 5.10 Å². The number of fused-ring (bicyclic) bond motifs is 2. The predicted molar refractivity (Wildman–Crippen MR) is 103 cm³/mol. The standard InChI is InChI=1S/C19H18F3N5O2S/c1-9-4-5-27(26-9)11-2-3-12(13(28)7-11)17-24-25-18(30-17)29-14-6-10-8-19(21,22)16(23-10)15(14)20/h2-5,7,10,14-16,23,28H,6,8H2,1H3. The number of ether oxygens (including phenoxy) is 1. The fourth-order valence-electron chi connectivity index (χ4n) is 4.00. The minimum atomic E-state index is -3.09. The van der Waals surface area contributed by atoms with Gasteiger partial charge in [-0.1, -0.05) is 16.4 Å². The van der Waals surface area contributed by atoms with Gasteiger partial charge in [-0.15, -0.1) is 5.10 Å². The monoisotopic (exact) mass is 437 g/mol. The van der Waals surface area contributed by atoms with Crippen molar-refractivity contribution >= 4 is 11.3 Å². The number of aromatic nitrogens is 4. The molecular formula is C19H18F3N5O2S. The fourth-order valence-corrected chi connectivity index (χ4v) is 4.79. The zero-order valence-corrected chi connectivity index (χ0v) is 16.6. The average molecular weight is 437 g/mol. The molecule has 30 heavy (non-hydrogen) atoms. The number of halogens is 3. The van der Waals surface area contributed by atoms with Gasteiger partial charge < -0.3 is 15.2 Å². The molecular weight excluding hydrogens is 419 g/mol. The van der Waals surface area contributed by atoms with Crippen molar-refractivity contribution < 1.29 is 23.0 Å². The molecule has 2 aliphatic heterocycles. The highest BCUT2D eigenvalue weighted by Crippen LogP contribution is 2.42. The van der Waals surface area contributed by atoms with Crippen LogP contribution in [0.25, 0.3) is 16.3 Å². The first-order chi connectivity index (χ1) is 14.3. The smallest absolute Gasteiger partial charge is 0.294 e. The van der Waals surface area contributed by atoms with E-state index in [2.05, 4.69) is 20.6 Å². The highest BCUT2D eigenvalue weighted by atomic mass is 32.1. The summed E-state index contributed by atoms with van der Waals surface area (Å²) in [7, 11) is 0. The van der Waals surface area contributed by atoms with Gasteiger partial charge in [0.05, 0.1) is 16.9 Å². The van der Waals surface area contributed by atoms with E-state index in [4.69, 9.17) is 4.74 Å². The van der Waals surface area contributed by atoms with Crippen molar-refractivity contribution in [2.24, 2.45) is 0 Å². The van der Waals surface area contributed by atoms with Gasteiger partial charge in [0.2, 0.25) is 0 Å². The third-order valence-corrected chi connectivity index (χ3v) is 6.28. The van der Waals surface area contributed by atoms with Crippen LogP contribution >= 0.6 is 11.3 Å². The van der Waals surface area contributed by atoms with Crippen molar-refractivity contribution in [3.05, 3.63) is 36.2 Å². The minimum Gasteiger partial charge on any atom is -0.507 e. The number of aryl methyl sites for hydroxylation is 1. The number of piperidine rings is 1. The molecule has 0 aliphatic carbocycles. The van der Waals surface area contributed by atoms with Gasteiger partial charge in [-0.05, 0) is 25.1 Å². The summed E-state index contributed by atoms with van der Waals surface area (Å²) < 4.78 is 49.5. The molecule has 2 aliphatic rings. The molecule has 158 valence electrons. The lowest BCUT2D eigenvalue weighted by Gasteiger charge is -2.32. The molecule has 0 amide bonds. The third-order valence-electron chi connectivity index (χ3n) is 5.44. The van der Waals surface area contributed by atoms with Crippen LogP contribution in [0, 0.1) is 6.92 Å². The number of phenolic OH excluding ortho intramolecular Hbond substituents is 1. The molecule has 3 aromatic rings. The van der Waals surface area contributed by atoms with Crippen molar-refractivity contribution in [1.29, 1.82) is 0 Å². The van der Waals surface area contributed by atoms with Crippen molar-refractivity contribution in [3.63, 3.8) is 0 Å². The second-order valence-electron chi connectivity index (χ2n) is 7.62. The number of hydrogen-bond donors (Lipinski definition) is 2. The van der Waals surface area contributed by atoms with Gasteiger partial charge in [0, 0.05) is 31.1 Å². The number of nitrogens with one attached hydrogen (secondary N) is 1. The van der Waals surface area contributed by atoms with Crippen LogP contribution in [-0.2, 0) is 0 Å². The number of rotatable bonds is 4. The lowest BCUT2D eigenvalue weighted by atomic mass is 10.00. The molecule has 11 heteroatoms. The minimum absolute atomic E-state index is 0.0220. The van der Waals surface area contributed by atoms with Gasteiger partial charge in [0.15, 0.2) is 11.2 Å². The Bertz CT molecular complexity index is 1090. The zero-order valence-electron chi connectivity index (χ0n) is 15.8. The molecule has 4 atom stereocenters. The maximum Gasteiger partial charge on any atom is 0.294 e. The van der Waals surface area contributed by atoms with Gasteiger partial charge in [-0.25, -0.2) is 17.9 Å². The number of aromatic hydroxyl groups is 1. The summed E-state index contributed by atoms with van der Waals surface area (Å²) in [5, 5.41) is 25.7. The summed E-state index contributed by atoms with van der Waals surface area (Å²) in [5.41, 5.74) is 1.96. The normalized spacial score (nSPS) is 27.3. The Morgan fingerprint density at radius 3 is 2.87 bits per heavy atom. The van der Waals surface area contributed by atoms with Gasteiger partial charge >= 0.3 is 0 Å². The van der Waals surface area contributed by atoms with Crippen molar-refractivity contribution in [2.75, 3.05) is 0 Å². The molecule has 0 radical (unpaired) electrons. The SMILES string of the molecule is Cc1ccn(-c2ccc(-c3nnc(OC4CC5CC(F)(F)C(N5)C4F)s3)c(O)c2)n1.